The molecule has 2 N–H and O–H groups in total. The molecule has 0 fully saturated rings. The molecule has 0 radical (unpaired) electrons. The van der Waals surface area contributed by atoms with E-state index < -0.39 is 18.5 Å². The zero-order valence-electron chi connectivity index (χ0n) is 13.0. The predicted molar refractivity (Wildman–Crippen MR) is 95.8 cm³/mol. The van der Waals surface area contributed by atoms with Gasteiger partial charge >= 0.3 is 5.97 Å². The zero-order chi connectivity index (χ0) is 18.0. The van der Waals surface area contributed by atoms with Crippen molar-refractivity contribution in [2.75, 3.05) is 11.9 Å². The lowest BCUT2D eigenvalue weighted by atomic mass is 10.1. The van der Waals surface area contributed by atoms with Crippen molar-refractivity contribution in [1.29, 1.82) is 5.26 Å². The molecule has 0 spiro atoms. The molecule has 1 aromatic heterocycles. The number of hydrogen-bond donors (Lipinski definition) is 2. The molecule has 128 valence electrons. The number of fused-ring (bicyclic) bond motifs is 1. The van der Waals surface area contributed by atoms with Crippen LogP contribution in [0, 0.1) is 11.3 Å². The van der Waals surface area contributed by atoms with Crippen molar-refractivity contribution in [1.82, 2.24) is 0 Å². The number of carbonyl (C=O) groups is 2. The number of rotatable bonds is 4. The summed E-state index contributed by atoms with van der Waals surface area (Å²) in [6.07, 6.45) is 2.79. The summed E-state index contributed by atoms with van der Waals surface area (Å²) in [7, 11) is 0. The topological polar surface area (TPSA) is 99.4 Å². The molecule has 0 aliphatic heterocycles. The lowest BCUT2D eigenvalue weighted by Gasteiger charge is -2.07. The van der Waals surface area contributed by atoms with E-state index in [-0.39, 0.29) is 11.3 Å². The second kappa shape index (κ2) is 7.25. The van der Waals surface area contributed by atoms with Crippen LogP contribution in [0.25, 0.3) is 0 Å². The molecule has 2 aromatic rings. The fraction of sp³-hybridized carbons (Fsp3) is 0.235. The predicted octanol–water partition coefficient (Wildman–Crippen LogP) is 3.37. The molecule has 0 saturated heterocycles. The van der Waals surface area contributed by atoms with Gasteiger partial charge < -0.3 is 15.2 Å². The number of aryl methyl sites for hydroxylation is 1. The minimum atomic E-state index is -0.803. The molecule has 0 atom stereocenters. The van der Waals surface area contributed by atoms with Crippen LogP contribution in [0.1, 0.15) is 32.8 Å². The maximum absolute atomic E-state index is 12.0. The molecule has 1 aliphatic carbocycles. The lowest BCUT2D eigenvalue weighted by Crippen LogP contribution is -2.21. The summed E-state index contributed by atoms with van der Waals surface area (Å²) < 4.78 is 5.54. The molecule has 3 rings (SSSR count). The van der Waals surface area contributed by atoms with Gasteiger partial charge in [-0.05, 0) is 43.0 Å². The quantitative estimate of drug-likeness (QED) is 0.738. The molecule has 0 bridgehead atoms. The minimum absolute atomic E-state index is 0.0324. The standard InChI is InChI=1S/C17H13BrN2O4S/c18-9-4-5-13(21)11(6-9)17(23)24-8-15(22)20-16-12(7-19)10-2-1-3-14(10)25-16/h4-6,21H,1-3,8H2,(H,20,22). The monoisotopic (exact) mass is 420 g/mol. The first-order chi connectivity index (χ1) is 12.0. The summed E-state index contributed by atoms with van der Waals surface area (Å²) in [4.78, 5) is 25.1. The van der Waals surface area contributed by atoms with Gasteiger partial charge in [0.15, 0.2) is 6.61 Å². The van der Waals surface area contributed by atoms with E-state index in [1.54, 1.807) is 6.07 Å². The Morgan fingerprint density at radius 1 is 1.40 bits per heavy atom. The highest BCUT2D eigenvalue weighted by Gasteiger charge is 2.23. The molecule has 1 amide bonds. The summed E-state index contributed by atoms with van der Waals surface area (Å²) in [5.41, 5.74) is 1.48. The zero-order valence-corrected chi connectivity index (χ0v) is 15.4. The molecule has 1 aliphatic rings. The Morgan fingerprint density at radius 2 is 2.20 bits per heavy atom. The number of aromatic hydroxyl groups is 1. The highest BCUT2D eigenvalue weighted by atomic mass is 79.9. The Morgan fingerprint density at radius 3 is 2.96 bits per heavy atom. The van der Waals surface area contributed by atoms with Gasteiger partial charge in [0, 0.05) is 9.35 Å². The van der Waals surface area contributed by atoms with Crippen molar-refractivity contribution in [2.45, 2.75) is 19.3 Å². The first-order valence-corrected chi connectivity index (χ1v) is 9.10. The number of phenols is 1. The van der Waals surface area contributed by atoms with Gasteiger partial charge in [-0.25, -0.2) is 4.79 Å². The average molecular weight is 421 g/mol. The number of amides is 1. The third-order valence-electron chi connectivity index (χ3n) is 3.80. The number of halogens is 1. The van der Waals surface area contributed by atoms with Crippen molar-refractivity contribution in [3.8, 4) is 11.8 Å². The molecule has 6 nitrogen and oxygen atoms in total. The van der Waals surface area contributed by atoms with Gasteiger partial charge in [0.05, 0.1) is 5.56 Å². The second-order valence-electron chi connectivity index (χ2n) is 5.46. The van der Waals surface area contributed by atoms with Crippen LogP contribution in [0.4, 0.5) is 5.00 Å². The van der Waals surface area contributed by atoms with Gasteiger partial charge in [0.25, 0.3) is 5.91 Å². The SMILES string of the molecule is N#Cc1c(NC(=O)COC(=O)c2cc(Br)ccc2O)sc2c1CCC2. The van der Waals surface area contributed by atoms with Gasteiger partial charge in [-0.2, -0.15) is 5.26 Å². The molecule has 0 unspecified atom stereocenters. The van der Waals surface area contributed by atoms with Crippen molar-refractivity contribution < 1.29 is 19.4 Å². The normalized spacial score (nSPS) is 12.3. The fourth-order valence-electron chi connectivity index (χ4n) is 2.65. The summed E-state index contributed by atoms with van der Waals surface area (Å²) in [5.74, 6) is -1.56. The van der Waals surface area contributed by atoms with E-state index in [4.69, 9.17) is 4.74 Å². The Hall–Kier alpha value is -2.37. The van der Waals surface area contributed by atoms with Gasteiger partial charge in [0.1, 0.15) is 22.4 Å². The number of nitrogens with one attached hydrogen (secondary N) is 1. The number of benzene rings is 1. The molecular formula is C17H13BrN2O4S. The largest absolute Gasteiger partial charge is 0.507 e. The van der Waals surface area contributed by atoms with E-state index >= 15 is 0 Å². The van der Waals surface area contributed by atoms with Crippen molar-refractivity contribution in [3.63, 3.8) is 0 Å². The second-order valence-corrected chi connectivity index (χ2v) is 7.48. The Balaban J connectivity index is 1.63. The van der Waals surface area contributed by atoms with Crippen LogP contribution in [-0.2, 0) is 22.4 Å². The highest BCUT2D eigenvalue weighted by Crippen LogP contribution is 2.38. The summed E-state index contributed by atoms with van der Waals surface area (Å²) in [6, 6.07) is 6.48. The van der Waals surface area contributed by atoms with Crippen molar-refractivity contribution in [3.05, 3.63) is 44.2 Å². The summed E-state index contributed by atoms with van der Waals surface area (Å²) in [5, 5.41) is 22.1. The van der Waals surface area contributed by atoms with E-state index in [0.29, 0.717) is 15.0 Å². The van der Waals surface area contributed by atoms with E-state index in [9.17, 15) is 20.0 Å². The van der Waals surface area contributed by atoms with Crippen LogP contribution in [0.5, 0.6) is 5.75 Å². The smallest absolute Gasteiger partial charge is 0.342 e. The number of ether oxygens (including phenoxy) is 1. The van der Waals surface area contributed by atoms with Crippen LogP contribution < -0.4 is 5.32 Å². The molecule has 8 heteroatoms. The molecular weight excluding hydrogens is 408 g/mol. The molecule has 1 aromatic carbocycles. The van der Waals surface area contributed by atoms with Gasteiger partial charge in [0.2, 0.25) is 0 Å². The van der Waals surface area contributed by atoms with E-state index in [0.717, 1.165) is 29.7 Å². The number of anilines is 1. The number of nitriles is 1. The van der Waals surface area contributed by atoms with Gasteiger partial charge in [-0.15, -0.1) is 11.3 Å². The summed E-state index contributed by atoms with van der Waals surface area (Å²) >= 11 is 4.59. The Bertz CT molecular complexity index is 901. The maximum Gasteiger partial charge on any atom is 0.342 e. The average Bonchev–Trinajstić information content (AvgIpc) is 3.15. The number of carbonyl (C=O) groups excluding carboxylic acids is 2. The van der Waals surface area contributed by atoms with Crippen LogP contribution in [0.15, 0.2) is 22.7 Å². The first kappa shape index (κ1) is 17.5. The Labute approximate surface area is 156 Å². The van der Waals surface area contributed by atoms with Crippen LogP contribution in [0.3, 0.4) is 0 Å². The fourth-order valence-corrected chi connectivity index (χ4v) is 4.27. The third-order valence-corrected chi connectivity index (χ3v) is 5.50. The van der Waals surface area contributed by atoms with Crippen LogP contribution >= 0.6 is 27.3 Å². The van der Waals surface area contributed by atoms with E-state index in [2.05, 4.69) is 27.3 Å². The first-order valence-electron chi connectivity index (χ1n) is 7.49. The Kier molecular flexibility index (Phi) is 5.06. The van der Waals surface area contributed by atoms with Crippen molar-refractivity contribution in [2.24, 2.45) is 0 Å². The number of phenolic OH excluding ortho intramolecular Hbond substituents is 1. The van der Waals surface area contributed by atoms with Gasteiger partial charge in [-0.1, -0.05) is 15.9 Å². The third kappa shape index (κ3) is 3.67. The van der Waals surface area contributed by atoms with Gasteiger partial charge in [-0.3, -0.25) is 4.79 Å². The number of nitrogens with zero attached hydrogens (tertiary/aromatic N) is 1. The molecule has 25 heavy (non-hydrogen) atoms. The van der Waals surface area contributed by atoms with Crippen molar-refractivity contribution >= 4 is 44.1 Å². The molecule has 0 saturated carbocycles. The summed E-state index contributed by atoms with van der Waals surface area (Å²) in [6.45, 7) is -0.502. The van der Waals surface area contributed by atoms with Crippen LogP contribution in [0.2, 0.25) is 0 Å². The number of thiophene rings is 1. The maximum atomic E-state index is 12.0. The lowest BCUT2D eigenvalue weighted by molar-refractivity contribution is -0.119. The van der Waals surface area contributed by atoms with Crippen LogP contribution in [-0.4, -0.2) is 23.6 Å². The van der Waals surface area contributed by atoms with E-state index in [1.165, 1.54) is 23.5 Å². The number of esters is 1. The minimum Gasteiger partial charge on any atom is -0.507 e. The highest BCUT2D eigenvalue weighted by molar-refractivity contribution is 9.10. The van der Waals surface area contributed by atoms with E-state index in [1.807, 2.05) is 0 Å². The number of hydrogen-bond acceptors (Lipinski definition) is 6. The molecule has 1 heterocycles.